The lowest BCUT2D eigenvalue weighted by Crippen LogP contribution is -2.34. The maximum absolute atomic E-state index is 14.2. The SMILES string of the molecule is CCNc1nccc(C(=O)N2CCCOCC2)c1F. The van der Waals surface area contributed by atoms with Gasteiger partial charge in [-0.25, -0.2) is 9.37 Å². The first-order valence-electron chi connectivity index (χ1n) is 6.49. The monoisotopic (exact) mass is 267 g/mol. The number of anilines is 1. The van der Waals surface area contributed by atoms with E-state index in [0.717, 1.165) is 6.42 Å². The van der Waals surface area contributed by atoms with E-state index in [0.29, 0.717) is 32.8 Å². The smallest absolute Gasteiger partial charge is 0.257 e. The van der Waals surface area contributed by atoms with Crippen LogP contribution in [0.1, 0.15) is 23.7 Å². The maximum atomic E-state index is 14.2. The molecule has 0 aliphatic carbocycles. The van der Waals surface area contributed by atoms with Crippen molar-refractivity contribution < 1.29 is 13.9 Å². The molecule has 2 rings (SSSR count). The van der Waals surface area contributed by atoms with Crippen LogP contribution >= 0.6 is 0 Å². The molecule has 1 N–H and O–H groups in total. The van der Waals surface area contributed by atoms with E-state index in [-0.39, 0.29) is 17.3 Å². The zero-order chi connectivity index (χ0) is 13.7. The molecule has 104 valence electrons. The molecule has 1 aromatic rings. The summed E-state index contributed by atoms with van der Waals surface area (Å²) in [5, 5.41) is 2.80. The van der Waals surface area contributed by atoms with E-state index in [4.69, 9.17) is 4.74 Å². The summed E-state index contributed by atoms with van der Waals surface area (Å²) in [4.78, 5) is 17.8. The van der Waals surface area contributed by atoms with Crippen LogP contribution < -0.4 is 5.32 Å². The van der Waals surface area contributed by atoms with Crippen molar-refractivity contribution in [2.45, 2.75) is 13.3 Å². The predicted octanol–water partition coefficient (Wildman–Crippen LogP) is 1.51. The van der Waals surface area contributed by atoms with Gasteiger partial charge in [-0.15, -0.1) is 0 Å². The van der Waals surface area contributed by atoms with E-state index in [1.54, 1.807) is 4.90 Å². The van der Waals surface area contributed by atoms with E-state index >= 15 is 0 Å². The third-order valence-electron chi connectivity index (χ3n) is 2.97. The van der Waals surface area contributed by atoms with Crippen molar-refractivity contribution in [3.63, 3.8) is 0 Å². The average Bonchev–Trinajstić information content (AvgIpc) is 2.69. The van der Waals surface area contributed by atoms with Crippen molar-refractivity contribution in [3.8, 4) is 0 Å². The fraction of sp³-hybridized carbons (Fsp3) is 0.538. The minimum absolute atomic E-state index is 0.0628. The number of amides is 1. The predicted molar refractivity (Wildman–Crippen MR) is 69.7 cm³/mol. The summed E-state index contributed by atoms with van der Waals surface area (Å²) in [6, 6.07) is 1.42. The van der Waals surface area contributed by atoms with Crippen LogP contribution in [0.15, 0.2) is 12.3 Å². The number of aromatic nitrogens is 1. The molecule has 1 aromatic heterocycles. The number of rotatable bonds is 3. The molecule has 6 heteroatoms. The molecule has 2 heterocycles. The van der Waals surface area contributed by atoms with Gasteiger partial charge in [-0.05, 0) is 19.4 Å². The molecule has 5 nitrogen and oxygen atoms in total. The van der Waals surface area contributed by atoms with Crippen molar-refractivity contribution in [1.29, 1.82) is 0 Å². The molecule has 19 heavy (non-hydrogen) atoms. The Kier molecular flexibility index (Phi) is 4.68. The molecule has 1 aliphatic rings. The molecule has 0 radical (unpaired) electrons. The highest BCUT2D eigenvalue weighted by Crippen LogP contribution is 2.17. The first-order valence-corrected chi connectivity index (χ1v) is 6.49. The number of carbonyl (C=O) groups is 1. The largest absolute Gasteiger partial charge is 0.380 e. The number of ether oxygens (including phenoxy) is 1. The molecule has 0 aromatic carbocycles. The summed E-state index contributed by atoms with van der Waals surface area (Å²) in [7, 11) is 0. The van der Waals surface area contributed by atoms with Gasteiger partial charge in [0.25, 0.3) is 5.91 Å². The molecule has 0 spiro atoms. The van der Waals surface area contributed by atoms with Crippen LogP contribution in [0, 0.1) is 5.82 Å². The van der Waals surface area contributed by atoms with Crippen LogP contribution in [0.5, 0.6) is 0 Å². The lowest BCUT2D eigenvalue weighted by atomic mass is 10.2. The van der Waals surface area contributed by atoms with Gasteiger partial charge in [-0.2, -0.15) is 0 Å². The van der Waals surface area contributed by atoms with Gasteiger partial charge < -0.3 is 15.0 Å². The van der Waals surface area contributed by atoms with Crippen LogP contribution in [0.2, 0.25) is 0 Å². The number of nitrogens with zero attached hydrogens (tertiary/aromatic N) is 2. The molecule has 1 amide bonds. The van der Waals surface area contributed by atoms with Crippen molar-refractivity contribution in [2.75, 3.05) is 38.2 Å². The Balaban J connectivity index is 2.20. The van der Waals surface area contributed by atoms with Crippen molar-refractivity contribution in [3.05, 3.63) is 23.6 Å². The van der Waals surface area contributed by atoms with E-state index in [1.807, 2.05) is 6.92 Å². The molecular formula is C13H18FN3O2. The maximum Gasteiger partial charge on any atom is 0.257 e. The summed E-state index contributed by atoms with van der Waals surface area (Å²) >= 11 is 0. The van der Waals surface area contributed by atoms with Crippen LogP contribution in [0.3, 0.4) is 0 Å². The molecular weight excluding hydrogens is 249 g/mol. The van der Waals surface area contributed by atoms with Gasteiger partial charge >= 0.3 is 0 Å². The lowest BCUT2D eigenvalue weighted by Gasteiger charge is -2.20. The first-order chi connectivity index (χ1) is 9.24. The van der Waals surface area contributed by atoms with Crippen LogP contribution in [-0.2, 0) is 4.74 Å². The topological polar surface area (TPSA) is 54.5 Å². The fourth-order valence-electron chi connectivity index (χ4n) is 2.02. The summed E-state index contributed by atoms with van der Waals surface area (Å²) < 4.78 is 19.5. The highest BCUT2D eigenvalue weighted by molar-refractivity contribution is 5.95. The minimum atomic E-state index is -0.584. The lowest BCUT2D eigenvalue weighted by molar-refractivity contribution is 0.0736. The Bertz CT molecular complexity index is 446. The minimum Gasteiger partial charge on any atom is -0.380 e. The third-order valence-corrected chi connectivity index (χ3v) is 2.97. The molecule has 0 bridgehead atoms. The Morgan fingerprint density at radius 1 is 1.53 bits per heavy atom. The zero-order valence-electron chi connectivity index (χ0n) is 11.0. The summed E-state index contributed by atoms with van der Waals surface area (Å²) in [5.74, 6) is -0.761. The van der Waals surface area contributed by atoms with Gasteiger partial charge in [0.05, 0.1) is 12.2 Å². The third kappa shape index (κ3) is 3.20. The highest BCUT2D eigenvalue weighted by Gasteiger charge is 2.22. The van der Waals surface area contributed by atoms with Crippen LogP contribution in [-0.4, -0.2) is 48.6 Å². The van der Waals surface area contributed by atoms with Gasteiger partial charge in [-0.1, -0.05) is 0 Å². The van der Waals surface area contributed by atoms with Gasteiger partial charge in [0, 0.05) is 32.4 Å². The standard InChI is InChI=1S/C13H18FN3O2/c1-2-15-12-11(14)10(4-5-16-12)13(18)17-6-3-8-19-9-7-17/h4-5H,2-3,6-9H2,1H3,(H,15,16). The summed E-state index contributed by atoms with van der Waals surface area (Å²) in [6.07, 6.45) is 2.22. The number of carbonyl (C=O) groups excluding carboxylic acids is 1. The van der Waals surface area contributed by atoms with Gasteiger partial charge in [0.1, 0.15) is 0 Å². The number of halogens is 1. The van der Waals surface area contributed by atoms with E-state index in [9.17, 15) is 9.18 Å². The second-order valence-electron chi connectivity index (χ2n) is 4.31. The number of hydrogen-bond acceptors (Lipinski definition) is 4. The Morgan fingerprint density at radius 3 is 3.16 bits per heavy atom. The zero-order valence-corrected chi connectivity index (χ0v) is 11.0. The quantitative estimate of drug-likeness (QED) is 0.902. The molecule has 0 saturated carbocycles. The summed E-state index contributed by atoms with van der Waals surface area (Å²) in [5.41, 5.74) is 0.0628. The Hall–Kier alpha value is -1.69. The van der Waals surface area contributed by atoms with Gasteiger partial charge in [-0.3, -0.25) is 4.79 Å². The fourth-order valence-corrected chi connectivity index (χ4v) is 2.02. The number of hydrogen-bond donors (Lipinski definition) is 1. The molecule has 1 aliphatic heterocycles. The number of nitrogens with one attached hydrogen (secondary N) is 1. The summed E-state index contributed by atoms with van der Waals surface area (Å²) in [6.45, 7) is 4.64. The Labute approximate surface area is 111 Å². The second-order valence-corrected chi connectivity index (χ2v) is 4.31. The first kappa shape index (κ1) is 13.7. The van der Waals surface area contributed by atoms with Crippen molar-refractivity contribution in [2.24, 2.45) is 0 Å². The second kappa shape index (κ2) is 6.47. The Morgan fingerprint density at radius 2 is 2.37 bits per heavy atom. The van der Waals surface area contributed by atoms with Crippen LogP contribution in [0.25, 0.3) is 0 Å². The van der Waals surface area contributed by atoms with Crippen molar-refractivity contribution >= 4 is 11.7 Å². The van der Waals surface area contributed by atoms with Gasteiger partial charge in [0.15, 0.2) is 11.6 Å². The van der Waals surface area contributed by atoms with Crippen LogP contribution in [0.4, 0.5) is 10.2 Å². The van der Waals surface area contributed by atoms with Crippen molar-refractivity contribution in [1.82, 2.24) is 9.88 Å². The molecule has 0 unspecified atom stereocenters. The molecule has 1 fully saturated rings. The van der Waals surface area contributed by atoms with E-state index in [1.165, 1.54) is 12.3 Å². The normalized spacial score (nSPS) is 16.0. The van der Waals surface area contributed by atoms with Gasteiger partial charge in [0.2, 0.25) is 0 Å². The van der Waals surface area contributed by atoms with E-state index in [2.05, 4.69) is 10.3 Å². The average molecular weight is 267 g/mol. The molecule has 1 saturated heterocycles. The highest BCUT2D eigenvalue weighted by atomic mass is 19.1. The van der Waals surface area contributed by atoms with E-state index < -0.39 is 5.82 Å². The molecule has 0 atom stereocenters. The number of pyridine rings is 1.